The molecule has 0 aliphatic heterocycles. The maximum absolute atomic E-state index is 10.9. The van der Waals surface area contributed by atoms with Crippen molar-refractivity contribution < 1.29 is 14.5 Å². The maximum atomic E-state index is 10.9. The topological polar surface area (TPSA) is 121 Å². The lowest BCUT2D eigenvalue weighted by atomic mass is 10.2. The van der Waals surface area contributed by atoms with Gasteiger partial charge in [0.05, 0.1) is 4.92 Å². The number of hydrogen-bond acceptors (Lipinski definition) is 5. The molecule has 0 aromatic heterocycles. The molecule has 2 aromatic carbocycles. The molecule has 0 spiro atoms. The first kappa shape index (κ1) is 13.3. The highest BCUT2D eigenvalue weighted by Crippen LogP contribution is 2.29. The highest BCUT2D eigenvalue weighted by atomic mass is 16.6. The fourth-order valence-corrected chi connectivity index (χ4v) is 1.59. The first-order valence-corrected chi connectivity index (χ1v) is 5.59. The van der Waals surface area contributed by atoms with Crippen LogP contribution in [0.25, 0.3) is 0 Å². The number of benzene rings is 2. The monoisotopic (exact) mass is 273 g/mol. The highest BCUT2D eigenvalue weighted by Gasteiger charge is 2.12. The number of nitro groups is 1. The van der Waals surface area contributed by atoms with Crippen molar-refractivity contribution >= 4 is 17.3 Å². The molecule has 4 N–H and O–H groups in total. The second-order valence-electron chi connectivity index (χ2n) is 3.97. The van der Waals surface area contributed by atoms with E-state index in [1.54, 1.807) is 12.1 Å². The summed E-state index contributed by atoms with van der Waals surface area (Å²) in [7, 11) is 0. The molecule has 0 aliphatic carbocycles. The van der Waals surface area contributed by atoms with Crippen LogP contribution in [0.5, 0.6) is 11.5 Å². The normalized spacial score (nSPS) is 10.0. The molecule has 0 fully saturated rings. The third-order valence-electron chi connectivity index (χ3n) is 2.57. The van der Waals surface area contributed by atoms with Crippen molar-refractivity contribution in [3.8, 4) is 11.5 Å². The van der Waals surface area contributed by atoms with Gasteiger partial charge in [0, 0.05) is 17.7 Å². The molecular weight excluding hydrogens is 262 g/mol. The molecule has 0 unspecified atom stereocenters. The molecule has 0 atom stereocenters. The summed E-state index contributed by atoms with van der Waals surface area (Å²) in [4.78, 5) is 21.0. The summed E-state index contributed by atoms with van der Waals surface area (Å²) in [5, 5.41) is 10.6. The molecule has 2 aromatic rings. The number of primary amides is 1. The van der Waals surface area contributed by atoms with E-state index in [1.165, 1.54) is 30.3 Å². The number of nitrogen functional groups attached to an aromatic ring is 1. The summed E-state index contributed by atoms with van der Waals surface area (Å²) in [5.74, 6) is 0.291. The van der Waals surface area contributed by atoms with E-state index in [2.05, 4.69) is 0 Å². The molecule has 2 rings (SSSR count). The van der Waals surface area contributed by atoms with Crippen molar-refractivity contribution in [2.45, 2.75) is 0 Å². The molecule has 0 saturated carbocycles. The Labute approximate surface area is 113 Å². The average molecular weight is 273 g/mol. The summed E-state index contributed by atoms with van der Waals surface area (Å²) in [5.41, 5.74) is 10.9. The number of anilines is 1. The van der Waals surface area contributed by atoms with Crippen LogP contribution >= 0.6 is 0 Å². The zero-order chi connectivity index (χ0) is 14.7. The van der Waals surface area contributed by atoms with Crippen LogP contribution in [0.2, 0.25) is 0 Å². The van der Waals surface area contributed by atoms with Gasteiger partial charge in [-0.3, -0.25) is 14.9 Å². The molecule has 0 saturated heterocycles. The summed E-state index contributed by atoms with van der Waals surface area (Å²) in [6.07, 6.45) is 0. The van der Waals surface area contributed by atoms with E-state index < -0.39 is 10.8 Å². The lowest BCUT2D eigenvalue weighted by Gasteiger charge is -2.07. The predicted octanol–water partition coefficient (Wildman–Crippen LogP) is 2.07. The van der Waals surface area contributed by atoms with Gasteiger partial charge in [-0.25, -0.2) is 0 Å². The number of nitrogens with two attached hydrogens (primary N) is 2. The van der Waals surface area contributed by atoms with Crippen LogP contribution in [0.1, 0.15) is 10.4 Å². The molecule has 0 heterocycles. The van der Waals surface area contributed by atoms with E-state index in [4.69, 9.17) is 16.2 Å². The molecule has 0 aliphatic rings. The lowest BCUT2D eigenvalue weighted by molar-refractivity contribution is -0.383. The number of hydrogen-bond donors (Lipinski definition) is 2. The minimum absolute atomic E-state index is 0.0151. The average Bonchev–Trinajstić information content (AvgIpc) is 2.39. The van der Waals surface area contributed by atoms with Crippen molar-refractivity contribution in [3.05, 3.63) is 58.1 Å². The van der Waals surface area contributed by atoms with Crippen molar-refractivity contribution in [2.24, 2.45) is 5.73 Å². The van der Waals surface area contributed by atoms with E-state index >= 15 is 0 Å². The highest BCUT2D eigenvalue weighted by molar-refractivity contribution is 5.92. The van der Waals surface area contributed by atoms with Gasteiger partial charge < -0.3 is 16.2 Å². The van der Waals surface area contributed by atoms with E-state index in [1.807, 2.05) is 0 Å². The van der Waals surface area contributed by atoms with Crippen molar-refractivity contribution in [3.63, 3.8) is 0 Å². The van der Waals surface area contributed by atoms with Gasteiger partial charge >= 0.3 is 0 Å². The van der Waals surface area contributed by atoms with Gasteiger partial charge in [-0.1, -0.05) is 0 Å². The lowest BCUT2D eigenvalue weighted by Crippen LogP contribution is -2.10. The fourth-order valence-electron chi connectivity index (χ4n) is 1.59. The van der Waals surface area contributed by atoms with Gasteiger partial charge in [-0.05, 0) is 30.3 Å². The van der Waals surface area contributed by atoms with Crippen LogP contribution < -0.4 is 16.2 Å². The van der Waals surface area contributed by atoms with Crippen LogP contribution in [0, 0.1) is 10.1 Å². The van der Waals surface area contributed by atoms with E-state index in [0.29, 0.717) is 17.1 Å². The van der Waals surface area contributed by atoms with Gasteiger partial charge in [0.1, 0.15) is 17.2 Å². The largest absolute Gasteiger partial charge is 0.457 e. The number of ether oxygens (including phenoxy) is 1. The molecule has 7 heteroatoms. The molecule has 20 heavy (non-hydrogen) atoms. The van der Waals surface area contributed by atoms with Crippen LogP contribution in [0.4, 0.5) is 11.4 Å². The SMILES string of the molecule is NC(=O)c1ccc(Oc2ccc([N+](=O)[O-])c(N)c2)cc1. The summed E-state index contributed by atoms with van der Waals surface area (Å²) < 4.78 is 5.47. The number of nitro benzene ring substituents is 1. The third kappa shape index (κ3) is 2.83. The minimum atomic E-state index is -0.569. The van der Waals surface area contributed by atoms with Crippen LogP contribution in [0.3, 0.4) is 0 Å². The second kappa shape index (κ2) is 5.27. The number of rotatable bonds is 4. The van der Waals surface area contributed by atoms with Crippen LogP contribution in [-0.4, -0.2) is 10.8 Å². The number of amides is 1. The summed E-state index contributed by atoms with van der Waals surface area (Å²) in [6, 6.07) is 10.2. The molecule has 1 amide bonds. The molecular formula is C13H11N3O4. The standard InChI is InChI=1S/C13H11N3O4/c14-11-7-10(5-6-12(11)16(18)19)20-9-3-1-8(2-4-9)13(15)17/h1-7H,14H2,(H2,15,17). The Bertz CT molecular complexity index is 668. The van der Waals surface area contributed by atoms with Crippen LogP contribution in [-0.2, 0) is 0 Å². The molecule has 0 radical (unpaired) electrons. The zero-order valence-corrected chi connectivity index (χ0v) is 10.3. The molecule has 0 bridgehead atoms. The predicted molar refractivity (Wildman–Crippen MR) is 72.5 cm³/mol. The third-order valence-corrected chi connectivity index (χ3v) is 2.57. The first-order chi connectivity index (χ1) is 9.47. The fraction of sp³-hybridized carbons (Fsp3) is 0. The van der Waals surface area contributed by atoms with Gasteiger partial charge in [-0.15, -0.1) is 0 Å². The summed E-state index contributed by atoms with van der Waals surface area (Å²) >= 11 is 0. The Hall–Kier alpha value is -3.09. The summed E-state index contributed by atoms with van der Waals surface area (Å²) in [6.45, 7) is 0. The Morgan fingerprint density at radius 3 is 2.20 bits per heavy atom. The smallest absolute Gasteiger partial charge is 0.292 e. The Balaban J connectivity index is 2.19. The van der Waals surface area contributed by atoms with E-state index in [-0.39, 0.29) is 11.4 Å². The van der Waals surface area contributed by atoms with Crippen molar-refractivity contribution in [1.29, 1.82) is 0 Å². The quantitative estimate of drug-likeness (QED) is 0.501. The van der Waals surface area contributed by atoms with Crippen LogP contribution in [0.15, 0.2) is 42.5 Å². The van der Waals surface area contributed by atoms with Crippen molar-refractivity contribution in [1.82, 2.24) is 0 Å². The van der Waals surface area contributed by atoms with E-state index in [0.717, 1.165) is 0 Å². The minimum Gasteiger partial charge on any atom is -0.457 e. The second-order valence-corrected chi connectivity index (χ2v) is 3.97. The van der Waals surface area contributed by atoms with Gasteiger partial charge in [0.2, 0.25) is 5.91 Å². The molecule has 102 valence electrons. The molecule has 7 nitrogen and oxygen atoms in total. The van der Waals surface area contributed by atoms with Gasteiger partial charge in [0.25, 0.3) is 5.69 Å². The Morgan fingerprint density at radius 1 is 1.10 bits per heavy atom. The van der Waals surface area contributed by atoms with Gasteiger partial charge in [0.15, 0.2) is 0 Å². The number of nitrogens with zero attached hydrogens (tertiary/aromatic N) is 1. The van der Waals surface area contributed by atoms with Crippen molar-refractivity contribution in [2.75, 3.05) is 5.73 Å². The Kier molecular flexibility index (Phi) is 3.52. The maximum Gasteiger partial charge on any atom is 0.292 e. The number of carbonyl (C=O) groups excluding carboxylic acids is 1. The Morgan fingerprint density at radius 2 is 1.70 bits per heavy atom. The zero-order valence-electron chi connectivity index (χ0n) is 10.3. The first-order valence-electron chi connectivity index (χ1n) is 5.59. The van der Waals surface area contributed by atoms with Gasteiger partial charge in [-0.2, -0.15) is 0 Å². The number of carbonyl (C=O) groups is 1. The van der Waals surface area contributed by atoms with E-state index in [9.17, 15) is 14.9 Å².